The summed E-state index contributed by atoms with van der Waals surface area (Å²) in [6.45, 7) is 6.84. The number of amides is 1. The van der Waals surface area contributed by atoms with E-state index >= 15 is 0 Å². The minimum Gasteiger partial charge on any atom is -0.397 e. The summed E-state index contributed by atoms with van der Waals surface area (Å²) < 4.78 is 5.55. The summed E-state index contributed by atoms with van der Waals surface area (Å²) in [5.41, 5.74) is 6.11. The van der Waals surface area contributed by atoms with Crippen molar-refractivity contribution in [3.63, 3.8) is 0 Å². The summed E-state index contributed by atoms with van der Waals surface area (Å²) in [6, 6.07) is 3.68. The number of hydrogen-bond donors (Lipinski definition) is 2. The van der Waals surface area contributed by atoms with Crippen molar-refractivity contribution in [3.8, 4) is 0 Å². The predicted octanol–water partition coefficient (Wildman–Crippen LogP) is 2.42. The van der Waals surface area contributed by atoms with Crippen LogP contribution in [-0.4, -0.2) is 29.6 Å². The molecular formula is C14H19N3O2S. The number of carbonyl (C=O) groups excluding carboxylic acids is 1. The largest absolute Gasteiger partial charge is 0.397 e. The third kappa shape index (κ3) is 3.08. The molecule has 0 spiro atoms. The quantitative estimate of drug-likeness (QED) is 0.887. The summed E-state index contributed by atoms with van der Waals surface area (Å²) in [7, 11) is 0. The zero-order valence-corrected chi connectivity index (χ0v) is 12.7. The molecule has 0 aliphatic rings. The molecule has 6 heteroatoms. The smallest absolute Gasteiger partial charge is 0.263 e. The molecular weight excluding hydrogens is 274 g/mol. The van der Waals surface area contributed by atoms with Crippen LogP contribution < -0.4 is 11.1 Å². The Bertz CT molecular complexity index is 622. The number of rotatable bonds is 5. The summed E-state index contributed by atoms with van der Waals surface area (Å²) in [5, 5.41) is 3.69. The Morgan fingerprint density at radius 1 is 1.55 bits per heavy atom. The first-order valence-electron chi connectivity index (χ1n) is 6.50. The molecule has 0 saturated heterocycles. The normalized spacial score (nSPS) is 11.8. The Kier molecular flexibility index (Phi) is 4.25. The van der Waals surface area contributed by atoms with E-state index < -0.39 is 5.60 Å². The topological polar surface area (TPSA) is 77.2 Å². The number of ether oxygens (including phenoxy) is 1. The van der Waals surface area contributed by atoms with E-state index in [2.05, 4.69) is 10.3 Å². The van der Waals surface area contributed by atoms with E-state index in [1.165, 1.54) is 11.3 Å². The fraction of sp³-hybridized carbons (Fsp3) is 0.429. The molecule has 2 rings (SSSR count). The predicted molar refractivity (Wildman–Crippen MR) is 82.1 cm³/mol. The second-order valence-electron chi connectivity index (χ2n) is 5.08. The Morgan fingerprint density at radius 2 is 2.30 bits per heavy atom. The first-order valence-corrected chi connectivity index (χ1v) is 7.31. The fourth-order valence-electron chi connectivity index (χ4n) is 1.93. The van der Waals surface area contributed by atoms with Crippen LogP contribution in [0.3, 0.4) is 0 Å². The van der Waals surface area contributed by atoms with Gasteiger partial charge < -0.3 is 15.8 Å². The van der Waals surface area contributed by atoms with E-state index in [1.54, 1.807) is 6.20 Å². The highest BCUT2D eigenvalue weighted by Crippen LogP contribution is 2.31. The maximum Gasteiger partial charge on any atom is 0.263 e. The van der Waals surface area contributed by atoms with E-state index in [9.17, 15) is 4.79 Å². The minimum absolute atomic E-state index is 0.182. The Hall–Kier alpha value is -1.66. The van der Waals surface area contributed by atoms with Crippen molar-refractivity contribution in [2.45, 2.75) is 26.4 Å². The molecule has 2 aromatic rings. The van der Waals surface area contributed by atoms with Crippen molar-refractivity contribution in [3.05, 3.63) is 23.2 Å². The molecule has 0 aliphatic heterocycles. The van der Waals surface area contributed by atoms with Gasteiger partial charge in [0.2, 0.25) is 0 Å². The number of anilines is 1. The van der Waals surface area contributed by atoms with Crippen molar-refractivity contribution in [1.29, 1.82) is 0 Å². The van der Waals surface area contributed by atoms with Crippen molar-refractivity contribution in [2.75, 3.05) is 18.9 Å². The zero-order valence-electron chi connectivity index (χ0n) is 11.9. The van der Waals surface area contributed by atoms with E-state index in [1.807, 2.05) is 32.9 Å². The van der Waals surface area contributed by atoms with Crippen LogP contribution in [0.25, 0.3) is 10.2 Å². The van der Waals surface area contributed by atoms with Gasteiger partial charge in [0.25, 0.3) is 5.91 Å². The van der Waals surface area contributed by atoms with Gasteiger partial charge in [-0.25, -0.2) is 4.98 Å². The van der Waals surface area contributed by atoms with Gasteiger partial charge in [-0.05, 0) is 32.9 Å². The molecule has 108 valence electrons. The lowest BCUT2D eigenvalue weighted by Crippen LogP contribution is -2.40. The number of nitrogens with one attached hydrogen (secondary N) is 1. The highest BCUT2D eigenvalue weighted by Gasteiger charge is 2.21. The van der Waals surface area contributed by atoms with E-state index in [0.29, 0.717) is 23.7 Å². The van der Waals surface area contributed by atoms with Gasteiger partial charge in [-0.3, -0.25) is 4.79 Å². The minimum atomic E-state index is -0.395. The van der Waals surface area contributed by atoms with E-state index in [0.717, 1.165) is 10.2 Å². The number of pyridine rings is 1. The standard InChI is InChI=1S/C14H19N3O2S/c1-4-19-14(2,3)8-17-12(18)11-10(15)9-6-5-7-16-13(9)20-11/h5-7H,4,8,15H2,1-3H3,(H,17,18). The van der Waals surface area contributed by atoms with Crippen molar-refractivity contribution >= 4 is 33.1 Å². The Morgan fingerprint density at radius 3 is 2.95 bits per heavy atom. The van der Waals surface area contributed by atoms with Crippen LogP contribution in [-0.2, 0) is 4.74 Å². The zero-order chi connectivity index (χ0) is 14.8. The van der Waals surface area contributed by atoms with Crippen molar-refractivity contribution in [2.24, 2.45) is 0 Å². The average Bonchev–Trinajstić information content (AvgIpc) is 2.74. The van der Waals surface area contributed by atoms with Gasteiger partial charge >= 0.3 is 0 Å². The van der Waals surface area contributed by atoms with Gasteiger partial charge in [-0.2, -0.15) is 0 Å². The number of nitrogen functional groups attached to an aromatic ring is 1. The number of carbonyl (C=O) groups is 1. The average molecular weight is 293 g/mol. The maximum absolute atomic E-state index is 12.2. The van der Waals surface area contributed by atoms with Gasteiger partial charge in [0.1, 0.15) is 9.71 Å². The van der Waals surface area contributed by atoms with Crippen LogP contribution >= 0.6 is 11.3 Å². The Balaban J connectivity index is 2.14. The first-order chi connectivity index (χ1) is 9.44. The number of hydrogen-bond acceptors (Lipinski definition) is 5. The molecule has 0 aliphatic carbocycles. The molecule has 20 heavy (non-hydrogen) atoms. The monoisotopic (exact) mass is 293 g/mol. The number of thiophene rings is 1. The number of fused-ring (bicyclic) bond motifs is 1. The molecule has 0 radical (unpaired) electrons. The van der Waals surface area contributed by atoms with Gasteiger partial charge in [-0.1, -0.05) is 0 Å². The summed E-state index contributed by atoms with van der Waals surface area (Å²) in [4.78, 5) is 17.7. The molecule has 2 aromatic heterocycles. The first kappa shape index (κ1) is 14.7. The van der Waals surface area contributed by atoms with Gasteiger partial charge in [-0.15, -0.1) is 11.3 Å². The van der Waals surface area contributed by atoms with Crippen molar-refractivity contribution < 1.29 is 9.53 Å². The summed E-state index contributed by atoms with van der Waals surface area (Å²) in [5.74, 6) is -0.182. The van der Waals surface area contributed by atoms with Crippen LogP contribution in [0.4, 0.5) is 5.69 Å². The molecule has 0 fully saturated rings. The Labute approximate surface area is 122 Å². The number of nitrogens with two attached hydrogens (primary N) is 1. The highest BCUT2D eigenvalue weighted by atomic mass is 32.1. The number of nitrogens with zero attached hydrogens (tertiary/aromatic N) is 1. The second-order valence-corrected chi connectivity index (χ2v) is 6.08. The summed E-state index contributed by atoms with van der Waals surface area (Å²) in [6.07, 6.45) is 1.69. The summed E-state index contributed by atoms with van der Waals surface area (Å²) >= 11 is 1.31. The van der Waals surface area contributed by atoms with Gasteiger partial charge in [0, 0.05) is 24.7 Å². The molecule has 0 aromatic carbocycles. The molecule has 5 nitrogen and oxygen atoms in total. The third-order valence-electron chi connectivity index (χ3n) is 2.92. The second kappa shape index (κ2) is 5.76. The van der Waals surface area contributed by atoms with Crippen molar-refractivity contribution in [1.82, 2.24) is 10.3 Å². The van der Waals surface area contributed by atoms with Gasteiger partial charge in [0.05, 0.1) is 11.3 Å². The third-order valence-corrected chi connectivity index (χ3v) is 4.05. The highest BCUT2D eigenvalue weighted by molar-refractivity contribution is 7.21. The van der Waals surface area contributed by atoms with Crippen LogP contribution in [0.2, 0.25) is 0 Å². The lowest BCUT2D eigenvalue weighted by molar-refractivity contribution is -0.00812. The molecule has 0 unspecified atom stereocenters. The van der Waals surface area contributed by atoms with Gasteiger partial charge in [0.15, 0.2) is 0 Å². The molecule has 3 N–H and O–H groups in total. The van der Waals surface area contributed by atoms with E-state index in [4.69, 9.17) is 10.5 Å². The van der Waals surface area contributed by atoms with Crippen LogP contribution in [0, 0.1) is 0 Å². The molecule has 2 heterocycles. The van der Waals surface area contributed by atoms with E-state index in [-0.39, 0.29) is 5.91 Å². The molecule has 0 bridgehead atoms. The number of aromatic nitrogens is 1. The maximum atomic E-state index is 12.2. The van der Waals surface area contributed by atoms with Crippen LogP contribution in [0.15, 0.2) is 18.3 Å². The molecule has 0 atom stereocenters. The van der Waals surface area contributed by atoms with Crippen LogP contribution in [0.1, 0.15) is 30.4 Å². The lowest BCUT2D eigenvalue weighted by atomic mass is 10.1. The molecule has 1 amide bonds. The molecule has 0 saturated carbocycles. The SMILES string of the molecule is CCOC(C)(C)CNC(=O)c1sc2ncccc2c1N. The lowest BCUT2D eigenvalue weighted by Gasteiger charge is -2.24. The van der Waals surface area contributed by atoms with Crippen LogP contribution in [0.5, 0.6) is 0 Å². The fourth-order valence-corrected chi connectivity index (χ4v) is 2.91.